The van der Waals surface area contributed by atoms with Gasteiger partial charge in [-0.2, -0.15) is 0 Å². The van der Waals surface area contributed by atoms with Gasteiger partial charge in [0.15, 0.2) is 0 Å². The van der Waals surface area contributed by atoms with Crippen molar-refractivity contribution >= 4 is 19.7 Å². The Hall–Kier alpha value is -0.820. The highest BCUT2D eigenvalue weighted by Gasteiger charge is 2.13. The second kappa shape index (κ2) is 7.69. The molecule has 5 nitrogen and oxygen atoms in total. The summed E-state index contributed by atoms with van der Waals surface area (Å²) in [5, 5.41) is 0. The minimum atomic E-state index is -3.71. The van der Waals surface area contributed by atoms with Crippen LogP contribution in [0.5, 0.6) is 5.75 Å². The van der Waals surface area contributed by atoms with Gasteiger partial charge >= 0.3 is 0 Å². The van der Waals surface area contributed by atoms with E-state index in [4.69, 9.17) is 24.9 Å². The molecule has 0 aliphatic rings. The van der Waals surface area contributed by atoms with Crippen LogP contribution in [-0.2, 0) is 18.5 Å². The molecule has 19 heavy (non-hydrogen) atoms. The van der Waals surface area contributed by atoms with Gasteiger partial charge in [0.05, 0.1) is 24.7 Å². The second-order valence-electron chi connectivity index (χ2n) is 3.82. The Morgan fingerprint density at radius 2 is 1.84 bits per heavy atom. The molecule has 0 bridgehead atoms. The Kier molecular flexibility index (Phi) is 6.57. The van der Waals surface area contributed by atoms with Crippen molar-refractivity contribution in [2.45, 2.75) is 11.8 Å². The van der Waals surface area contributed by atoms with Gasteiger partial charge in [-0.15, -0.1) is 0 Å². The van der Waals surface area contributed by atoms with Crippen LogP contribution in [-0.4, -0.2) is 42.0 Å². The summed E-state index contributed by atoms with van der Waals surface area (Å²) >= 11 is 0. The first kappa shape index (κ1) is 16.2. The standard InChI is InChI=1S/C12H17ClO5S/c1-10-9-11(3-4-12(10)19(13,14)15)18-8-7-17-6-5-16-2/h3-4,9H,5-8H2,1-2H3. The van der Waals surface area contributed by atoms with Crippen LogP contribution in [0.4, 0.5) is 0 Å². The molecule has 0 N–H and O–H groups in total. The zero-order valence-electron chi connectivity index (χ0n) is 10.9. The molecule has 0 aliphatic heterocycles. The van der Waals surface area contributed by atoms with Crippen LogP contribution in [0.3, 0.4) is 0 Å². The highest BCUT2D eigenvalue weighted by molar-refractivity contribution is 8.13. The zero-order valence-corrected chi connectivity index (χ0v) is 12.5. The molecular weight excluding hydrogens is 292 g/mol. The summed E-state index contributed by atoms with van der Waals surface area (Å²) in [6.45, 7) is 3.55. The maximum atomic E-state index is 11.2. The second-order valence-corrected chi connectivity index (χ2v) is 6.35. The number of ether oxygens (including phenoxy) is 3. The van der Waals surface area contributed by atoms with Crippen molar-refractivity contribution in [3.8, 4) is 5.75 Å². The maximum absolute atomic E-state index is 11.2. The first-order valence-corrected chi connectivity index (χ1v) is 8.01. The van der Waals surface area contributed by atoms with Gasteiger partial charge in [-0.25, -0.2) is 8.42 Å². The average Bonchev–Trinajstić information content (AvgIpc) is 2.32. The fourth-order valence-electron chi connectivity index (χ4n) is 1.45. The van der Waals surface area contributed by atoms with E-state index < -0.39 is 9.05 Å². The van der Waals surface area contributed by atoms with E-state index in [9.17, 15) is 8.42 Å². The number of benzene rings is 1. The fraction of sp³-hybridized carbons (Fsp3) is 0.500. The quantitative estimate of drug-likeness (QED) is 0.543. The van der Waals surface area contributed by atoms with E-state index in [0.29, 0.717) is 37.7 Å². The summed E-state index contributed by atoms with van der Waals surface area (Å²) in [7, 11) is 3.19. The molecule has 0 aromatic heterocycles. The van der Waals surface area contributed by atoms with Crippen molar-refractivity contribution in [3.63, 3.8) is 0 Å². The molecule has 0 atom stereocenters. The molecule has 0 aliphatic carbocycles. The van der Waals surface area contributed by atoms with Crippen LogP contribution in [0.25, 0.3) is 0 Å². The molecule has 0 saturated carbocycles. The lowest BCUT2D eigenvalue weighted by atomic mass is 10.2. The summed E-state index contributed by atoms with van der Waals surface area (Å²) in [6, 6.07) is 4.63. The first-order valence-electron chi connectivity index (χ1n) is 5.70. The molecule has 0 spiro atoms. The summed E-state index contributed by atoms with van der Waals surface area (Å²) in [6.07, 6.45) is 0. The van der Waals surface area contributed by atoms with Crippen molar-refractivity contribution in [2.75, 3.05) is 33.5 Å². The minimum Gasteiger partial charge on any atom is -0.491 e. The zero-order chi connectivity index (χ0) is 14.3. The molecule has 0 heterocycles. The Morgan fingerprint density at radius 3 is 2.42 bits per heavy atom. The molecule has 0 amide bonds. The molecule has 0 fully saturated rings. The van der Waals surface area contributed by atoms with Crippen molar-refractivity contribution < 1.29 is 22.6 Å². The van der Waals surface area contributed by atoms with Crippen molar-refractivity contribution in [2.24, 2.45) is 0 Å². The predicted octanol–water partition coefficient (Wildman–Crippen LogP) is 1.96. The monoisotopic (exact) mass is 308 g/mol. The van der Waals surface area contributed by atoms with Gasteiger partial charge in [-0.05, 0) is 30.7 Å². The van der Waals surface area contributed by atoms with Gasteiger partial charge in [0, 0.05) is 17.8 Å². The molecule has 0 unspecified atom stereocenters. The third-order valence-corrected chi connectivity index (χ3v) is 3.82. The lowest BCUT2D eigenvalue weighted by Gasteiger charge is -2.09. The highest BCUT2D eigenvalue weighted by Crippen LogP contribution is 2.23. The van der Waals surface area contributed by atoms with Crippen molar-refractivity contribution in [3.05, 3.63) is 23.8 Å². The maximum Gasteiger partial charge on any atom is 0.261 e. The molecule has 1 aromatic rings. The average molecular weight is 309 g/mol. The summed E-state index contributed by atoms with van der Waals surface area (Å²) in [4.78, 5) is 0.0952. The molecule has 1 rings (SSSR count). The van der Waals surface area contributed by atoms with Gasteiger partial charge < -0.3 is 14.2 Å². The number of hydrogen-bond donors (Lipinski definition) is 0. The molecule has 1 aromatic carbocycles. The number of aryl methyl sites for hydroxylation is 1. The van der Waals surface area contributed by atoms with Crippen molar-refractivity contribution in [1.29, 1.82) is 0 Å². The SMILES string of the molecule is COCCOCCOc1ccc(S(=O)(=O)Cl)c(C)c1. The molecule has 0 radical (unpaired) electrons. The van der Waals surface area contributed by atoms with E-state index >= 15 is 0 Å². The van der Waals surface area contributed by atoms with Crippen LogP contribution in [0, 0.1) is 6.92 Å². The predicted molar refractivity (Wildman–Crippen MR) is 72.4 cm³/mol. The van der Waals surface area contributed by atoms with E-state index in [1.165, 1.54) is 6.07 Å². The number of rotatable bonds is 8. The Labute approximate surface area is 117 Å². The molecular formula is C12H17ClO5S. The largest absolute Gasteiger partial charge is 0.491 e. The Balaban J connectivity index is 2.46. The Morgan fingerprint density at radius 1 is 1.16 bits per heavy atom. The molecule has 108 valence electrons. The van der Waals surface area contributed by atoms with Crippen molar-refractivity contribution in [1.82, 2.24) is 0 Å². The van der Waals surface area contributed by atoms with Gasteiger partial charge in [-0.3, -0.25) is 0 Å². The van der Waals surface area contributed by atoms with E-state index in [1.54, 1.807) is 26.2 Å². The van der Waals surface area contributed by atoms with Gasteiger partial charge in [0.2, 0.25) is 0 Å². The van der Waals surface area contributed by atoms with Gasteiger partial charge in [-0.1, -0.05) is 0 Å². The lowest BCUT2D eigenvalue weighted by Crippen LogP contribution is -2.10. The van der Waals surface area contributed by atoms with E-state index in [0.717, 1.165) is 0 Å². The van der Waals surface area contributed by atoms with Crippen LogP contribution in [0.1, 0.15) is 5.56 Å². The van der Waals surface area contributed by atoms with Crippen LogP contribution < -0.4 is 4.74 Å². The van der Waals surface area contributed by atoms with Gasteiger partial charge in [0.1, 0.15) is 12.4 Å². The first-order chi connectivity index (χ1) is 8.95. The van der Waals surface area contributed by atoms with E-state index in [1.807, 2.05) is 0 Å². The number of methoxy groups -OCH3 is 1. The normalized spacial score (nSPS) is 11.5. The highest BCUT2D eigenvalue weighted by atomic mass is 35.7. The summed E-state index contributed by atoms with van der Waals surface area (Å²) in [5.74, 6) is 0.580. The lowest BCUT2D eigenvalue weighted by molar-refractivity contribution is 0.0544. The van der Waals surface area contributed by atoms with Gasteiger partial charge in [0.25, 0.3) is 9.05 Å². The van der Waals surface area contributed by atoms with E-state index in [-0.39, 0.29) is 4.90 Å². The molecule has 0 saturated heterocycles. The smallest absolute Gasteiger partial charge is 0.261 e. The van der Waals surface area contributed by atoms with Crippen LogP contribution >= 0.6 is 10.7 Å². The van der Waals surface area contributed by atoms with Crippen LogP contribution in [0.2, 0.25) is 0 Å². The number of hydrogen-bond acceptors (Lipinski definition) is 5. The molecule has 7 heteroatoms. The summed E-state index contributed by atoms with van der Waals surface area (Å²) < 4.78 is 37.9. The number of halogens is 1. The van der Waals surface area contributed by atoms with E-state index in [2.05, 4.69) is 0 Å². The fourth-order valence-corrected chi connectivity index (χ4v) is 2.64. The third kappa shape index (κ3) is 5.78. The summed E-state index contributed by atoms with van der Waals surface area (Å²) in [5.41, 5.74) is 0.549. The third-order valence-electron chi connectivity index (χ3n) is 2.34. The topological polar surface area (TPSA) is 61.8 Å². The van der Waals surface area contributed by atoms with Crippen LogP contribution in [0.15, 0.2) is 23.1 Å². The Bertz CT molecular complexity index is 501. The minimum absolute atomic E-state index is 0.0952.